The summed E-state index contributed by atoms with van der Waals surface area (Å²) in [6.07, 6.45) is 6.87. The maximum atomic E-state index is 5.99. The first kappa shape index (κ1) is 24.6. The lowest BCUT2D eigenvalue weighted by Gasteiger charge is -2.55. The summed E-state index contributed by atoms with van der Waals surface area (Å²) >= 11 is 0. The Morgan fingerprint density at radius 3 is 2.67 bits per heavy atom. The molecule has 2 aromatic rings. The van der Waals surface area contributed by atoms with Crippen molar-refractivity contribution < 1.29 is 4.74 Å². The van der Waals surface area contributed by atoms with Crippen molar-refractivity contribution in [3.05, 3.63) is 48.0 Å². The third-order valence-electron chi connectivity index (χ3n) is 6.27. The molecule has 8 heteroatoms. The van der Waals surface area contributed by atoms with E-state index < -0.39 is 0 Å². The summed E-state index contributed by atoms with van der Waals surface area (Å²) in [6, 6.07) is 8.90. The van der Waals surface area contributed by atoms with Gasteiger partial charge in [0.2, 0.25) is 0 Å². The zero-order valence-electron chi connectivity index (χ0n) is 18.5. The molecule has 1 heterocycles. The van der Waals surface area contributed by atoms with Gasteiger partial charge in [-0.2, -0.15) is 5.10 Å². The number of rotatable bonds is 9. The molecule has 0 aliphatic heterocycles. The molecular formula is C22H35IN6O. The van der Waals surface area contributed by atoms with Crippen LogP contribution in [0.2, 0.25) is 0 Å². The van der Waals surface area contributed by atoms with Crippen LogP contribution in [-0.2, 0) is 17.8 Å². The highest BCUT2D eigenvalue weighted by atomic mass is 127. The Kier molecular flexibility index (Phi) is 9.54. The first-order valence-electron chi connectivity index (χ1n) is 10.6. The molecule has 2 unspecified atom stereocenters. The fourth-order valence-electron chi connectivity index (χ4n) is 4.47. The molecule has 2 atom stereocenters. The van der Waals surface area contributed by atoms with Gasteiger partial charge in [0.05, 0.1) is 12.6 Å². The highest BCUT2D eigenvalue weighted by Crippen LogP contribution is 2.48. The first-order chi connectivity index (χ1) is 14.1. The van der Waals surface area contributed by atoms with E-state index in [1.54, 1.807) is 12.7 Å². The number of aromatic nitrogens is 3. The van der Waals surface area contributed by atoms with Crippen molar-refractivity contribution in [2.75, 3.05) is 13.7 Å². The number of hydrogen-bond donors (Lipinski definition) is 2. The molecule has 166 valence electrons. The molecule has 1 aromatic heterocycles. The second kappa shape index (κ2) is 11.6. The summed E-state index contributed by atoms with van der Waals surface area (Å²) in [7, 11) is 1.83. The van der Waals surface area contributed by atoms with Gasteiger partial charge in [-0.1, -0.05) is 38.1 Å². The molecule has 0 spiro atoms. The molecule has 7 nitrogen and oxygen atoms in total. The Labute approximate surface area is 197 Å². The van der Waals surface area contributed by atoms with Gasteiger partial charge in [-0.25, -0.2) is 9.67 Å². The summed E-state index contributed by atoms with van der Waals surface area (Å²) in [5, 5.41) is 11.3. The smallest absolute Gasteiger partial charge is 0.191 e. The topological polar surface area (TPSA) is 76.4 Å². The predicted molar refractivity (Wildman–Crippen MR) is 131 cm³/mol. The maximum absolute atomic E-state index is 5.99. The molecule has 0 radical (unpaired) electrons. The molecule has 1 aliphatic carbocycles. The lowest BCUT2D eigenvalue weighted by atomic mass is 9.58. The van der Waals surface area contributed by atoms with Crippen molar-refractivity contribution in [2.45, 2.75) is 65.3 Å². The van der Waals surface area contributed by atoms with Crippen LogP contribution in [0.5, 0.6) is 0 Å². The van der Waals surface area contributed by atoms with Crippen molar-refractivity contribution >= 4 is 29.9 Å². The van der Waals surface area contributed by atoms with Gasteiger partial charge < -0.3 is 15.4 Å². The monoisotopic (exact) mass is 526 g/mol. The predicted octanol–water partition coefficient (Wildman–Crippen LogP) is 3.59. The number of aliphatic imine (C=N–C) groups is 1. The van der Waals surface area contributed by atoms with Gasteiger partial charge in [-0.05, 0) is 37.3 Å². The average molecular weight is 526 g/mol. The van der Waals surface area contributed by atoms with Crippen molar-refractivity contribution in [3.63, 3.8) is 0 Å². The van der Waals surface area contributed by atoms with Gasteiger partial charge >= 0.3 is 0 Å². The van der Waals surface area contributed by atoms with E-state index in [0.717, 1.165) is 44.9 Å². The van der Waals surface area contributed by atoms with Crippen molar-refractivity contribution in [2.24, 2.45) is 10.4 Å². The van der Waals surface area contributed by atoms with E-state index in [4.69, 9.17) is 4.74 Å². The Hall–Kier alpha value is -1.68. The van der Waals surface area contributed by atoms with Crippen molar-refractivity contribution in [3.8, 4) is 0 Å². The van der Waals surface area contributed by atoms with Crippen molar-refractivity contribution in [1.29, 1.82) is 0 Å². The molecular weight excluding hydrogens is 491 g/mol. The Morgan fingerprint density at radius 2 is 2.03 bits per heavy atom. The minimum Gasteiger partial charge on any atom is -0.378 e. The van der Waals surface area contributed by atoms with E-state index >= 15 is 0 Å². The number of nitrogens with one attached hydrogen (secondary N) is 2. The summed E-state index contributed by atoms with van der Waals surface area (Å²) in [4.78, 5) is 8.45. The highest BCUT2D eigenvalue weighted by Gasteiger charge is 2.53. The molecule has 30 heavy (non-hydrogen) atoms. The summed E-state index contributed by atoms with van der Waals surface area (Å²) < 4.78 is 7.82. The molecule has 0 amide bonds. The molecule has 2 N–H and O–H groups in total. The lowest BCUT2D eigenvalue weighted by Crippen LogP contribution is -2.65. The molecule has 1 aliphatic rings. The van der Waals surface area contributed by atoms with E-state index in [1.165, 1.54) is 11.1 Å². The normalized spacial score (nSPS) is 20.2. The van der Waals surface area contributed by atoms with Gasteiger partial charge in [0.1, 0.15) is 12.7 Å². The summed E-state index contributed by atoms with van der Waals surface area (Å²) in [6.45, 7) is 8.82. The van der Waals surface area contributed by atoms with E-state index in [1.807, 2.05) is 11.7 Å². The van der Waals surface area contributed by atoms with E-state index in [9.17, 15) is 0 Å². The summed E-state index contributed by atoms with van der Waals surface area (Å²) in [5.41, 5.74) is 2.60. The third-order valence-corrected chi connectivity index (χ3v) is 6.27. The molecule has 1 fully saturated rings. The SMILES string of the molecule is CCOC1CC(NC(=NC)NCc2cccc(Cn3cncn3)c2)C1(CC)CC.I. The van der Waals surface area contributed by atoms with Crippen LogP contribution in [0.4, 0.5) is 0 Å². The summed E-state index contributed by atoms with van der Waals surface area (Å²) in [5.74, 6) is 0.845. The van der Waals surface area contributed by atoms with Crippen LogP contribution in [0.15, 0.2) is 41.9 Å². The van der Waals surface area contributed by atoms with Crippen LogP contribution < -0.4 is 10.6 Å². The van der Waals surface area contributed by atoms with Crippen LogP contribution in [0.25, 0.3) is 0 Å². The number of nitrogens with zero attached hydrogens (tertiary/aromatic N) is 4. The zero-order valence-corrected chi connectivity index (χ0v) is 20.8. The Balaban J connectivity index is 0.00000320. The van der Waals surface area contributed by atoms with E-state index in [-0.39, 0.29) is 29.4 Å². The van der Waals surface area contributed by atoms with Gasteiger partial charge in [0, 0.05) is 31.7 Å². The molecule has 0 saturated heterocycles. The minimum absolute atomic E-state index is 0. The Morgan fingerprint density at radius 1 is 1.27 bits per heavy atom. The van der Waals surface area contributed by atoms with Gasteiger partial charge in [0.25, 0.3) is 0 Å². The van der Waals surface area contributed by atoms with Crippen LogP contribution in [0.3, 0.4) is 0 Å². The number of guanidine groups is 1. The standard InChI is InChI=1S/C22H34N6O.HI/c1-5-22(6-2)19(12-20(22)29-7-3)27-21(23-4)25-13-17-9-8-10-18(11-17)14-28-16-24-15-26-28;/h8-11,15-16,19-20H,5-7,12-14H2,1-4H3,(H2,23,25,27);1H. The fourth-order valence-corrected chi connectivity index (χ4v) is 4.47. The van der Waals surface area contributed by atoms with Gasteiger partial charge in [-0.15, -0.1) is 24.0 Å². The second-order valence-electron chi connectivity index (χ2n) is 7.66. The maximum Gasteiger partial charge on any atom is 0.191 e. The second-order valence-corrected chi connectivity index (χ2v) is 7.66. The number of ether oxygens (including phenoxy) is 1. The number of halogens is 1. The van der Waals surface area contributed by atoms with Gasteiger partial charge in [-0.3, -0.25) is 4.99 Å². The van der Waals surface area contributed by atoms with Crippen LogP contribution >= 0.6 is 24.0 Å². The fraction of sp³-hybridized carbons (Fsp3) is 0.591. The number of hydrogen-bond acceptors (Lipinski definition) is 4. The molecule has 1 saturated carbocycles. The van der Waals surface area contributed by atoms with Crippen molar-refractivity contribution in [1.82, 2.24) is 25.4 Å². The zero-order chi connectivity index (χ0) is 20.7. The molecule has 0 bridgehead atoms. The average Bonchev–Trinajstić information content (AvgIpc) is 3.24. The first-order valence-corrected chi connectivity index (χ1v) is 10.6. The molecule has 1 aromatic carbocycles. The third kappa shape index (κ3) is 5.51. The van der Waals surface area contributed by atoms with Crippen LogP contribution in [-0.4, -0.2) is 46.5 Å². The van der Waals surface area contributed by atoms with Crippen LogP contribution in [0, 0.1) is 5.41 Å². The lowest BCUT2D eigenvalue weighted by molar-refractivity contribution is -0.133. The minimum atomic E-state index is 0. The molecule has 3 rings (SSSR count). The highest BCUT2D eigenvalue weighted by molar-refractivity contribution is 14.0. The van der Waals surface area contributed by atoms with E-state index in [2.05, 4.69) is 70.7 Å². The largest absolute Gasteiger partial charge is 0.378 e. The van der Waals surface area contributed by atoms with Gasteiger partial charge in [0.15, 0.2) is 5.96 Å². The number of benzene rings is 1. The van der Waals surface area contributed by atoms with E-state index in [0.29, 0.717) is 12.1 Å². The van der Waals surface area contributed by atoms with Crippen LogP contribution in [0.1, 0.15) is 51.2 Å². The quantitative estimate of drug-likeness (QED) is 0.297. The Bertz CT molecular complexity index is 791.